The zero-order valence-corrected chi connectivity index (χ0v) is 14.5. The number of piperazine rings is 1. The lowest BCUT2D eigenvalue weighted by Gasteiger charge is -2.35. The van der Waals surface area contributed by atoms with Crippen LogP contribution in [0.25, 0.3) is 11.0 Å². The summed E-state index contributed by atoms with van der Waals surface area (Å²) in [5.74, 6) is 1.11. The molecule has 0 amide bonds. The number of aromatic nitrogens is 3. The molecule has 2 aromatic heterocycles. The highest BCUT2D eigenvalue weighted by atomic mass is 32.2. The van der Waals surface area contributed by atoms with Crippen molar-refractivity contribution in [2.45, 2.75) is 18.7 Å². The Bertz CT molecular complexity index is 731. The van der Waals surface area contributed by atoms with Crippen molar-refractivity contribution in [2.24, 2.45) is 12.0 Å². The fraction of sp³-hybridized carbons (Fsp3) is 0.562. The summed E-state index contributed by atoms with van der Waals surface area (Å²) in [7, 11) is 2.08. The number of thioether (sulfide) groups is 1. The molecular formula is C16H22N6S. The van der Waals surface area contributed by atoms with Gasteiger partial charge in [0.2, 0.25) is 0 Å². The Morgan fingerprint density at radius 3 is 2.78 bits per heavy atom. The monoisotopic (exact) mass is 330 g/mol. The summed E-state index contributed by atoms with van der Waals surface area (Å²) in [6.45, 7) is 8.36. The molecule has 0 N–H and O–H groups in total. The van der Waals surface area contributed by atoms with E-state index in [9.17, 15) is 0 Å². The van der Waals surface area contributed by atoms with E-state index in [4.69, 9.17) is 4.98 Å². The summed E-state index contributed by atoms with van der Waals surface area (Å²) in [5.41, 5.74) is 2.13. The summed E-state index contributed by atoms with van der Waals surface area (Å²) < 4.78 is 2.16. The van der Waals surface area contributed by atoms with E-state index < -0.39 is 0 Å². The number of rotatable bonds is 2. The topological polar surface area (TPSA) is 49.6 Å². The summed E-state index contributed by atoms with van der Waals surface area (Å²) in [6.07, 6.45) is 3.69. The quantitative estimate of drug-likeness (QED) is 0.837. The lowest BCUT2D eigenvalue weighted by atomic mass is 10.3. The third kappa shape index (κ3) is 2.95. The average molecular weight is 330 g/mol. The lowest BCUT2D eigenvalue weighted by Crippen LogP contribution is -2.47. The first-order chi connectivity index (χ1) is 11.2. The molecule has 1 fully saturated rings. The Balaban J connectivity index is 1.40. The number of pyridine rings is 1. The molecule has 0 radical (unpaired) electrons. The van der Waals surface area contributed by atoms with Crippen LogP contribution in [0.5, 0.6) is 0 Å². The summed E-state index contributed by atoms with van der Waals surface area (Å²) >= 11 is 1.92. The Kier molecular flexibility index (Phi) is 3.98. The normalized spacial score (nSPS) is 22.8. The maximum atomic E-state index is 4.75. The smallest absolute Gasteiger partial charge is 0.159 e. The fourth-order valence-electron chi connectivity index (χ4n) is 3.16. The summed E-state index contributed by atoms with van der Waals surface area (Å²) in [4.78, 5) is 18.5. The first kappa shape index (κ1) is 15.0. The molecule has 1 atom stereocenters. The third-order valence-electron chi connectivity index (χ3n) is 4.57. The van der Waals surface area contributed by atoms with E-state index in [1.807, 2.05) is 24.0 Å². The van der Waals surface area contributed by atoms with Gasteiger partial charge in [0.25, 0.3) is 0 Å². The number of imidazole rings is 1. The van der Waals surface area contributed by atoms with Gasteiger partial charge in [0, 0.05) is 44.7 Å². The molecule has 0 saturated carbocycles. The number of amidine groups is 1. The largest absolute Gasteiger partial charge is 0.349 e. The molecule has 0 bridgehead atoms. The number of aryl methyl sites for hydroxylation is 1. The number of aliphatic imine (C=N–C) groups is 1. The molecule has 0 spiro atoms. The van der Waals surface area contributed by atoms with Gasteiger partial charge in [0.05, 0.1) is 30.3 Å². The SMILES string of the molecule is CC1CN=C(N2CCN(Cc3nc4ccncc4n3C)CC2)S1. The second-order valence-electron chi connectivity index (χ2n) is 6.27. The minimum absolute atomic E-state index is 0.636. The van der Waals surface area contributed by atoms with Gasteiger partial charge in [-0.25, -0.2) is 4.98 Å². The van der Waals surface area contributed by atoms with Gasteiger partial charge in [-0.2, -0.15) is 0 Å². The number of fused-ring (bicyclic) bond motifs is 1. The van der Waals surface area contributed by atoms with Gasteiger partial charge >= 0.3 is 0 Å². The molecule has 1 unspecified atom stereocenters. The maximum absolute atomic E-state index is 4.75. The van der Waals surface area contributed by atoms with Crippen molar-refractivity contribution < 1.29 is 0 Å². The van der Waals surface area contributed by atoms with Crippen LogP contribution in [0.3, 0.4) is 0 Å². The predicted octanol–water partition coefficient (Wildman–Crippen LogP) is 1.58. The van der Waals surface area contributed by atoms with Crippen molar-refractivity contribution in [1.29, 1.82) is 0 Å². The minimum Gasteiger partial charge on any atom is -0.349 e. The second kappa shape index (κ2) is 6.13. The van der Waals surface area contributed by atoms with E-state index in [1.54, 1.807) is 6.20 Å². The molecule has 4 rings (SSSR count). The number of hydrogen-bond acceptors (Lipinski definition) is 6. The first-order valence-corrected chi connectivity index (χ1v) is 9.02. The van der Waals surface area contributed by atoms with Crippen LogP contribution < -0.4 is 0 Å². The van der Waals surface area contributed by atoms with Crippen LogP contribution in [0.4, 0.5) is 0 Å². The van der Waals surface area contributed by atoms with Gasteiger partial charge in [0.15, 0.2) is 5.17 Å². The Hall–Kier alpha value is -1.60. The fourth-order valence-corrected chi connectivity index (χ4v) is 4.15. The molecule has 6 nitrogen and oxygen atoms in total. The molecule has 2 aromatic rings. The van der Waals surface area contributed by atoms with Gasteiger partial charge in [-0.3, -0.25) is 14.9 Å². The van der Waals surface area contributed by atoms with E-state index in [1.165, 1.54) is 5.17 Å². The number of nitrogens with zero attached hydrogens (tertiary/aromatic N) is 6. The highest BCUT2D eigenvalue weighted by Gasteiger charge is 2.25. The molecular weight excluding hydrogens is 308 g/mol. The van der Waals surface area contributed by atoms with Crippen LogP contribution in [0.2, 0.25) is 0 Å². The van der Waals surface area contributed by atoms with Crippen LogP contribution in [0, 0.1) is 0 Å². The zero-order chi connectivity index (χ0) is 15.8. The van der Waals surface area contributed by atoms with Crippen molar-refractivity contribution in [2.75, 3.05) is 32.7 Å². The lowest BCUT2D eigenvalue weighted by molar-refractivity contribution is 0.173. The van der Waals surface area contributed by atoms with E-state index >= 15 is 0 Å². The van der Waals surface area contributed by atoms with Gasteiger partial charge in [-0.05, 0) is 6.07 Å². The van der Waals surface area contributed by atoms with Crippen LogP contribution in [0.15, 0.2) is 23.5 Å². The average Bonchev–Trinajstić information content (AvgIpc) is 3.13. The Morgan fingerprint density at radius 2 is 2.09 bits per heavy atom. The van der Waals surface area contributed by atoms with Gasteiger partial charge in [-0.15, -0.1) is 0 Å². The summed E-state index contributed by atoms with van der Waals surface area (Å²) in [6, 6.07) is 1.98. The molecule has 2 aliphatic rings. The van der Waals surface area contributed by atoms with E-state index in [-0.39, 0.29) is 0 Å². The first-order valence-electron chi connectivity index (χ1n) is 8.14. The van der Waals surface area contributed by atoms with E-state index in [0.717, 1.165) is 56.1 Å². The molecule has 2 aliphatic heterocycles. The van der Waals surface area contributed by atoms with E-state index in [2.05, 4.69) is 38.3 Å². The third-order valence-corrected chi connectivity index (χ3v) is 5.72. The molecule has 23 heavy (non-hydrogen) atoms. The molecule has 4 heterocycles. The Morgan fingerprint density at radius 1 is 1.26 bits per heavy atom. The highest BCUT2D eigenvalue weighted by Crippen LogP contribution is 2.24. The van der Waals surface area contributed by atoms with Crippen LogP contribution in [-0.2, 0) is 13.6 Å². The van der Waals surface area contributed by atoms with E-state index in [0.29, 0.717) is 5.25 Å². The predicted molar refractivity (Wildman–Crippen MR) is 94.7 cm³/mol. The summed E-state index contributed by atoms with van der Waals surface area (Å²) in [5, 5.41) is 1.88. The standard InChI is InChI=1S/C16H22N6S/c1-12-9-18-16(23-12)22-7-5-21(6-8-22)11-15-19-13-3-4-17-10-14(13)20(15)2/h3-4,10,12H,5-9,11H2,1-2H3. The van der Waals surface area contributed by atoms with Crippen molar-refractivity contribution in [1.82, 2.24) is 24.3 Å². The van der Waals surface area contributed by atoms with Gasteiger partial charge < -0.3 is 9.47 Å². The molecule has 7 heteroatoms. The molecule has 0 aliphatic carbocycles. The molecule has 0 aromatic carbocycles. The number of hydrogen-bond donors (Lipinski definition) is 0. The second-order valence-corrected chi connectivity index (χ2v) is 7.67. The zero-order valence-electron chi connectivity index (χ0n) is 13.6. The highest BCUT2D eigenvalue weighted by molar-refractivity contribution is 8.14. The molecule has 122 valence electrons. The van der Waals surface area contributed by atoms with Crippen molar-refractivity contribution in [3.05, 3.63) is 24.3 Å². The minimum atomic E-state index is 0.636. The van der Waals surface area contributed by atoms with Crippen molar-refractivity contribution >= 4 is 28.0 Å². The van der Waals surface area contributed by atoms with Crippen LogP contribution >= 0.6 is 11.8 Å². The Labute approximate surface area is 140 Å². The van der Waals surface area contributed by atoms with Crippen LogP contribution in [-0.4, -0.2) is 67.5 Å². The van der Waals surface area contributed by atoms with Gasteiger partial charge in [-0.1, -0.05) is 18.7 Å². The van der Waals surface area contributed by atoms with Crippen molar-refractivity contribution in [3.63, 3.8) is 0 Å². The van der Waals surface area contributed by atoms with Crippen LogP contribution in [0.1, 0.15) is 12.7 Å². The van der Waals surface area contributed by atoms with Crippen molar-refractivity contribution in [3.8, 4) is 0 Å². The molecule has 1 saturated heterocycles. The van der Waals surface area contributed by atoms with Gasteiger partial charge in [0.1, 0.15) is 5.82 Å². The maximum Gasteiger partial charge on any atom is 0.159 e.